The van der Waals surface area contributed by atoms with Gasteiger partial charge in [0.15, 0.2) is 17.3 Å². The summed E-state index contributed by atoms with van der Waals surface area (Å²) >= 11 is 0. The van der Waals surface area contributed by atoms with Gasteiger partial charge in [-0.3, -0.25) is 4.79 Å². The molecule has 0 saturated heterocycles. The Morgan fingerprint density at radius 1 is 1.13 bits per heavy atom. The molecule has 0 N–H and O–H groups in total. The number of anilines is 1. The van der Waals surface area contributed by atoms with E-state index in [2.05, 4.69) is 0 Å². The van der Waals surface area contributed by atoms with Crippen LogP contribution in [0.1, 0.15) is 28.3 Å². The van der Waals surface area contributed by atoms with Crippen LogP contribution in [-0.2, 0) is 0 Å². The van der Waals surface area contributed by atoms with Gasteiger partial charge in [0, 0.05) is 19.8 Å². The minimum Gasteiger partial charge on any atom is -0.493 e. The topological polar surface area (TPSA) is 38.8 Å². The summed E-state index contributed by atoms with van der Waals surface area (Å²) in [5.41, 5.74) is 2.75. The summed E-state index contributed by atoms with van der Waals surface area (Å²) in [5.74, 6) is 1.08. The maximum absolute atomic E-state index is 13.0. The first-order chi connectivity index (χ1) is 11.1. The summed E-state index contributed by atoms with van der Waals surface area (Å²) in [6, 6.07) is 13.6. The van der Waals surface area contributed by atoms with Gasteiger partial charge < -0.3 is 14.4 Å². The van der Waals surface area contributed by atoms with Crippen LogP contribution in [0, 0.1) is 0 Å². The van der Waals surface area contributed by atoms with Crippen molar-refractivity contribution in [2.24, 2.45) is 0 Å². The molecule has 1 aliphatic rings. The number of carbonyl (C=O) groups is 1. The molecule has 2 aromatic rings. The molecule has 3 rings (SSSR count). The average Bonchev–Trinajstić information content (AvgIpc) is 2.74. The van der Waals surface area contributed by atoms with Crippen LogP contribution in [-0.4, -0.2) is 33.6 Å². The molecule has 1 aliphatic heterocycles. The molecular weight excluding hydrogens is 290 g/mol. The molecule has 1 heterocycles. The highest BCUT2D eigenvalue weighted by atomic mass is 16.5. The van der Waals surface area contributed by atoms with Crippen molar-refractivity contribution in [1.29, 1.82) is 0 Å². The van der Waals surface area contributed by atoms with Gasteiger partial charge in [0.2, 0.25) is 0 Å². The third-order valence-corrected chi connectivity index (χ3v) is 4.25. The third-order valence-electron chi connectivity index (χ3n) is 4.25. The number of Topliss-reactive ketones (excluding diaryl/α,β-unsaturated/α-hetero) is 1. The molecule has 0 spiro atoms. The molecule has 23 heavy (non-hydrogen) atoms. The SMILES string of the molecule is COc1cccc2c1OCCC(c1ccc(N(C)C)cc1)C2=O. The van der Waals surface area contributed by atoms with Crippen LogP contribution < -0.4 is 14.4 Å². The fourth-order valence-corrected chi connectivity index (χ4v) is 2.94. The number of hydrogen-bond donors (Lipinski definition) is 0. The normalized spacial score (nSPS) is 17.0. The Bertz CT molecular complexity index is 707. The van der Waals surface area contributed by atoms with E-state index >= 15 is 0 Å². The predicted molar refractivity (Wildman–Crippen MR) is 90.9 cm³/mol. The second-order valence-corrected chi connectivity index (χ2v) is 5.88. The fraction of sp³-hybridized carbons (Fsp3) is 0.316. The number of nitrogens with zero attached hydrogens (tertiary/aromatic N) is 1. The second kappa shape index (κ2) is 6.32. The molecule has 1 unspecified atom stereocenters. The average molecular weight is 311 g/mol. The van der Waals surface area contributed by atoms with Crippen LogP contribution in [0.5, 0.6) is 11.5 Å². The van der Waals surface area contributed by atoms with Crippen molar-refractivity contribution in [3.63, 3.8) is 0 Å². The zero-order chi connectivity index (χ0) is 16.4. The van der Waals surface area contributed by atoms with Crippen LogP contribution in [0.15, 0.2) is 42.5 Å². The summed E-state index contributed by atoms with van der Waals surface area (Å²) in [6.45, 7) is 0.499. The van der Waals surface area contributed by atoms with E-state index in [-0.39, 0.29) is 11.7 Å². The van der Waals surface area contributed by atoms with E-state index in [1.54, 1.807) is 7.11 Å². The maximum Gasteiger partial charge on any atom is 0.174 e. The van der Waals surface area contributed by atoms with E-state index in [0.29, 0.717) is 30.1 Å². The zero-order valence-electron chi connectivity index (χ0n) is 13.7. The number of methoxy groups -OCH3 is 1. The van der Waals surface area contributed by atoms with Gasteiger partial charge in [-0.05, 0) is 36.2 Å². The van der Waals surface area contributed by atoms with E-state index in [0.717, 1.165) is 11.3 Å². The van der Waals surface area contributed by atoms with E-state index in [1.807, 2.05) is 61.5 Å². The highest BCUT2D eigenvalue weighted by Gasteiger charge is 2.29. The molecule has 1 atom stereocenters. The Balaban J connectivity index is 1.96. The Hall–Kier alpha value is -2.49. The molecule has 2 aromatic carbocycles. The second-order valence-electron chi connectivity index (χ2n) is 5.88. The van der Waals surface area contributed by atoms with E-state index in [9.17, 15) is 4.79 Å². The van der Waals surface area contributed by atoms with Gasteiger partial charge in [0.25, 0.3) is 0 Å². The molecule has 0 bridgehead atoms. The number of ketones is 1. The quantitative estimate of drug-likeness (QED) is 0.869. The number of carbonyl (C=O) groups excluding carboxylic acids is 1. The van der Waals surface area contributed by atoms with Gasteiger partial charge in [0.05, 0.1) is 25.2 Å². The van der Waals surface area contributed by atoms with Crippen LogP contribution in [0.3, 0.4) is 0 Å². The number of para-hydroxylation sites is 1. The third kappa shape index (κ3) is 2.89. The molecule has 0 saturated carbocycles. The van der Waals surface area contributed by atoms with Crippen molar-refractivity contribution >= 4 is 11.5 Å². The lowest BCUT2D eigenvalue weighted by Gasteiger charge is -2.16. The molecule has 0 radical (unpaired) electrons. The Kier molecular flexibility index (Phi) is 4.24. The van der Waals surface area contributed by atoms with Crippen molar-refractivity contribution in [1.82, 2.24) is 0 Å². The minimum atomic E-state index is -0.181. The number of fused-ring (bicyclic) bond motifs is 1. The van der Waals surface area contributed by atoms with Gasteiger partial charge in [-0.15, -0.1) is 0 Å². The molecular formula is C19H21NO3. The van der Waals surface area contributed by atoms with Gasteiger partial charge >= 0.3 is 0 Å². The lowest BCUT2D eigenvalue weighted by molar-refractivity contribution is 0.0958. The smallest absolute Gasteiger partial charge is 0.174 e. The van der Waals surface area contributed by atoms with Gasteiger partial charge in [-0.2, -0.15) is 0 Å². The summed E-state index contributed by atoms with van der Waals surface area (Å²) in [4.78, 5) is 15.0. The number of ether oxygens (including phenoxy) is 2. The first-order valence-electron chi connectivity index (χ1n) is 7.73. The summed E-state index contributed by atoms with van der Waals surface area (Å²) in [6.07, 6.45) is 0.665. The molecule has 0 aliphatic carbocycles. The summed E-state index contributed by atoms with van der Waals surface area (Å²) in [5, 5.41) is 0. The first-order valence-corrected chi connectivity index (χ1v) is 7.73. The van der Waals surface area contributed by atoms with E-state index in [4.69, 9.17) is 9.47 Å². The van der Waals surface area contributed by atoms with Crippen LogP contribution >= 0.6 is 0 Å². The molecule has 0 aromatic heterocycles. The van der Waals surface area contributed by atoms with Gasteiger partial charge in [0.1, 0.15) is 0 Å². The van der Waals surface area contributed by atoms with Crippen molar-refractivity contribution in [3.05, 3.63) is 53.6 Å². The van der Waals surface area contributed by atoms with Crippen molar-refractivity contribution in [2.45, 2.75) is 12.3 Å². The van der Waals surface area contributed by atoms with Crippen LogP contribution in [0.25, 0.3) is 0 Å². The Labute approximate surface area is 136 Å². The van der Waals surface area contributed by atoms with Crippen molar-refractivity contribution in [3.8, 4) is 11.5 Å². The molecule has 0 amide bonds. The largest absolute Gasteiger partial charge is 0.493 e. The lowest BCUT2D eigenvalue weighted by atomic mass is 9.88. The minimum absolute atomic E-state index is 0.0917. The van der Waals surface area contributed by atoms with E-state index < -0.39 is 0 Å². The fourth-order valence-electron chi connectivity index (χ4n) is 2.94. The summed E-state index contributed by atoms with van der Waals surface area (Å²) in [7, 11) is 5.59. The molecule has 4 nitrogen and oxygen atoms in total. The van der Waals surface area contributed by atoms with Crippen molar-refractivity contribution in [2.75, 3.05) is 32.7 Å². The number of hydrogen-bond acceptors (Lipinski definition) is 4. The maximum atomic E-state index is 13.0. The lowest BCUT2D eigenvalue weighted by Crippen LogP contribution is -2.13. The number of benzene rings is 2. The summed E-state index contributed by atoms with van der Waals surface area (Å²) < 4.78 is 11.1. The Morgan fingerprint density at radius 2 is 1.87 bits per heavy atom. The van der Waals surface area contributed by atoms with Gasteiger partial charge in [-0.25, -0.2) is 0 Å². The predicted octanol–water partition coefficient (Wildman–Crippen LogP) is 3.51. The van der Waals surface area contributed by atoms with Crippen LogP contribution in [0.4, 0.5) is 5.69 Å². The standard InChI is InChI=1S/C19H21NO3/c1-20(2)14-9-7-13(8-10-14)15-11-12-23-19-16(18(15)21)5-4-6-17(19)22-3/h4-10,15H,11-12H2,1-3H3. The highest BCUT2D eigenvalue weighted by Crippen LogP contribution is 2.38. The highest BCUT2D eigenvalue weighted by molar-refractivity contribution is 6.04. The monoisotopic (exact) mass is 311 g/mol. The molecule has 4 heteroatoms. The van der Waals surface area contributed by atoms with Crippen molar-refractivity contribution < 1.29 is 14.3 Å². The van der Waals surface area contributed by atoms with E-state index in [1.165, 1.54) is 0 Å². The van der Waals surface area contributed by atoms with Gasteiger partial charge in [-0.1, -0.05) is 18.2 Å². The van der Waals surface area contributed by atoms with Crippen LogP contribution in [0.2, 0.25) is 0 Å². The first kappa shape index (κ1) is 15.4. The number of rotatable bonds is 3. The zero-order valence-corrected chi connectivity index (χ0v) is 13.7. The molecule has 0 fully saturated rings. The molecule has 120 valence electrons. The Morgan fingerprint density at radius 3 is 2.52 bits per heavy atom.